The number of alkyl carbamates (subject to hydrolysis) is 1. The van der Waals surface area contributed by atoms with Crippen molar-refractivity contribution in [3.63, 3.8) is 0 Å². The number of nitrogens with one attached hydrogen (secondary N) is 4. The van der Waals surface area contributed by atoms with Crippen LogP contribution >= 0.6 is 0 Å². The molecule has 0 saturated carbocycles. The predicted octanol–water partition coefficient (Wildman–Crippen LogP) is 6.46. The van der Waals surface area contributed by atoms with Gasteiger partial charge in [0.2, 0.25) is 11.8 Å². The molecule has 5 heterocycles. The van der Waals surface area contributed by atoms with Crippen LogP contribution in [0.4, 0.5) is 9.59 Å². The van der Waals surface area contributed by atoms with Crippen LogP contribution in [0, 0.1) is 17.3 Å². The Morgan fingerprint density at radius 2 is 1.36 bits per heavy atom. The summed E-state index contributed by atoms with van der Waals surface area (Å²) in [5, 5.41) is 15.8. The number of ether oxygens (including phenoxy) is 1. The third-order valence-corrected chi connectivity index (χ3v) is 12.5. The molecule has 3 aliphatic heterocycles. The van der Waals surface area contributed by atoms with Crippen LogP contribution in [0.25, 0.3) is 33.6 Å². The molecule has 4 atom stereocenters. The highest BCUT2D eigenvalue weighted by Gasteiger charge is 2.49. The minimum atomic E-state index is -1.12. The number of hydrogen-bond donors (Lipinski definition) is 5. The topological polar surface area (TPSA) is 189 Å². The minimum Gasteiger partial charge on any atom is -0.465 e. The number of likely N-dealkylation sites (tertiary alicyclic amines) is 2. The van der Waals surface area contributed by atoms with Crippen molar-refractivity contribution in [1.82, 2.24) is 45.3 Å². The molecule has 2 aromatic heterocycles. The largest absolute Gasteiger partial charge is 0.465 e. The molecule has 4 amide bonds. The van der Waals surface area contributed by atoms with Crippen LogP contribution in [0.15, 0.2) is 60.9 Å². The zero-order valence-corrected chi connectivity index (χ0v) is 34.8. The number of rotatable bonds is 11. The molecule has 15 heteroatoms. The normalized spacial score (nSPS) is 19.9. The Bertz CT molecular complexity index is 2120. The fourth-order valence-corrected chi connectivity index (χ4v) is 9.21. The summed E-state index contributed by atoms with van der Waals surface area (Å²) in [5.74, 6) is 0.813. The van der Waals surface area contributed by atoms with Crippen molar-refractivity contribution in [2.45, 2.75) is 84.0 Å². The van der Waals surface area contributed by atoms with Crippen LogP contribution in [0.5, 0.6) is 0 Å². The van der Waals surface area contributed by atoms with E-state index in [1.807, 2.05) is 57.1 Å². The quantitative estimate of drug-likeness (QED) is 0.113. The van der Waals surface area contributed by atoms with Gasteiger partial charge in [-0.15, -0.1) is 0 Å². The number of aromatic nitrogens is 4. The first-order valence-electron chi connectivity index (χ1n) is 20.7. The number of hydrogen-bond acceptors (Lipinski definition) is 8. The number of carboxylic acid groups (broad SMARTS) is 1. The second-order valence-electron chi connectivity index (χ2n) is 17.1. The van der Waals surface area contributed by atoms with Gasteiger partial charge in [0.15, 0.2) is 0 Å². The third kappa shape index (κ3) is 8.56. The Morgan fingerprint density at radius 3 is 1.86 bits per heavy atom. The van der Waals surface area contributed by atoms with Gasteiger partial charge >= 0.3 is 12.2 Å². The number of benzene rings is 2. The van der Waals surface area contributed by atoms with Crippen LogP contribution < -0.4 is 10.6 Å². The molecule has 1 spiro atoms. The molecule has 0 aliphatic carbocycles. The SMILES string of the molecule is COC(=O)N[C@H](C(=O)N1CC2(CCNCC2)CC1c1nc(-c2ccc(-c3ccc(-c4c[nH]c([C@@H]5CCCN5C(=O)[C@H](C(C)C)N(C)C(=O)O)n4)cc3)cc2)c[nH]1)C(C)C. The Hall–Kier alpha value is -5.70. The summed E-state index contributed by atoms with van der Waals surface area (Å²) in [4.78, 5) is 73.1. The summed E-state index contributed by atoms with van der Waals surface area (Å²) in [7, 11) is 2.75. The minimum absolute atomic E-state index is 0.0149. The standard InChI is InChI=1S/C44H57N9O6/c1-26(2)36(50-42(56)59-6)40(54)53-25-44(17-19-45-20-18-44)22-35(53)39-47-24-33(49-39)31-15-11-29(12-16-31)28-9-13-30(14-10-28)32-23-46-38(48-32)34-8-7-21-52(34)41(55)37(27(3)4)51(5)43(57)58/h9-16,23-24,26-27,34-37,45H,7-8,17-22,25H2,1-6H3,(H,46,48)(H,47,49)(H,50,56)(H,57,58)/t34-,35?,36-,37-/m0/s1. The molecule has 4 aromatic rings. The van der Waals surface area contributed by atoms with E-state index in [2.05, 4.69) is 57.0 Å². The van der Waals surface area contributed by atoms with Gasteiger partial charge in [-0.05, 0) is 73.6 Å². The van der Waals surface area contributed by atoms with Gasteiger partial charge in [-0.3, -0.25) is 14.5 Å². The van der Waals surface area contributed by atoms with Crippen LogP contribution in [0.3, 0.4) is 0 Å². The second kappa shape index (κ2) is 17.3. The average Bonchev–Trinajstić information content (AvgIpc) is 4.07. The van der Waals surface area contributed by atoms with Gasteiger partial charge in [-0.1, -0.05) is 76.2 Å². The first-order valence-corrected chi connectivity index (χ1v) is 20.7. The Labute approximate surface area is 345 Å². The van der Waals surface area contributed by atoms with E-state index >= 15 is 0 Å². The molecule has 1 unspecified atom stereocenters. The lowest BCUT2D eigenvalue weighted by atomic mass is 9.77. The number of piperidine rings is 1. The lowest BCUT2D eigenvalue weighted by Gasteiger charge is -2.34. The monoisotopic (exact) mass is 807 g/mol. The van der Waals surface area contributed by atoms with Crippen LogP contribution in [-0.4, -0.2) is 116 Å². The fourth-order valence-electron chi connectivity index (χ4n) is 9.21. The molecule has 3 aliphatic rings. The van der Waals surface area contributed by atoms with Gasteiger partial charge < -0.3 is 40.2 Å². The molecule has 7 rings (SSSR count). The average molecular weight is 808 g/mol. The van der Waals surface area contributed by atoms with E-state index in [1.165, 1.54) is 14.2 Å². The first kappa shape index (κ1) is 41.5. The number of likely N-dealkylation sites (N-methyl/N-ethyl adjacent to an activating group) is 1. The Balaban J connectivity index is 1.04. The zero-order chi connectivity index (χ0) is 42.0. The van der Waals surface area contributed by atoms with E-state index < -0.39 is 24.3 Å². The van der Waals surface area contributed by atoms with Crippen LogP contribution in [-0.2, 0) is 14.3 Å². The summed E-state index contributed by atoms with van der Waals surface area (Å²) in [6, 6.07) is 14.5. The van der Waals surface area contributed by atoms with Crippen molar-refractivity contribution in [2.24, 2.45) is 17.3 Å². The summed E-state index contributed by atoms with van der Waals surface area (Å²) in [6.07, 6.45) is 6.32. The Morgan fingerprint density at radius 1 is 0.814 bits per heavy atom. The number of aromatic amines is 2. The Kier molecular flexibility index (Phi) is 12.1. The van der Waals surface area contributed by atoms with Gasteiger partial charge in [-0.25, -0.2) is 19.6 Å². The van der Waals surface area contributed by atoms with E-state index in [4.69, 9.17) is 14.7 Å². The maximum absolute atomic E-state index is 14.1. The van der Waals surface area contributed by atoms with E-state index in [0.717, 1.165) is 89.6 Å². The van der Waals surface area contributed by atoms with Crippen molar-refractivity contribution < 1.29 is 29.0 Å². The van der Waals surface area contributed by atoms with E-state index in [9.17, 15) is 24.3 Å². The summed E-state index contributed by atoms with van der Waals surface area (Å²) in [5.41, 5.74) is 5.52. The van der Waals surface area contributed by atoms with Crippen molar-refractivity contribution in [3.05, 3.63) is 72.6 Å². The lowest BCUT2D eigenvalue weighted by Crippen LogP contribution is -2.51. The molecule has 314 valence electrons. The molecule has 3 saturated heterocycles. The molecule has 15 nitrogen and oxygen atoms in total. The number of carbonyl (C=O) groups is 4. The van der Waals surface area contributed by atoms with Crippen molar-refractivity contribution >= 4 is 24.0 Å². The van der Waals surface area contributed by atoms with Crippen molar-refractivity contribution in [2.75, 3.05) is 40.3 Å². The molecule has 0 radical (unpaired) electrons. The van der Waals surface area contributed by atoms with E-state index in [-0.39, 0.29) is 41.1 Å². The molecule has 2 aromatic carbocycles. The number of carbonyl (C=O) groups excluding carboxylic acids is 3. The highest BCUT2D eigenvalue weighted by molar-refractivity contribution is 5.87. The van der Waals surface area contributed by atoms with Gasteiger partial charge in [0.1, 0.15) is 23.7 Å². The number of amides is 4. The van der Waals surface area contributed by atoms with E-state index in [0.29, 0.717) is 18.9 Å². The molecule has 5 N–H and O–H groups in total. The van der Waals surface area contributed by atoms with Crippen molar-refractivity contribution in [3.8, 4) is 33.6 Å². The van der Waals surface area contributed by atoms with Gasteiger partial charge in [0.05, 0.1) is 30.6 Å². The van der Waals surface area contributed by atoms with Crippen LogP contribution in [0.2, 0.25) is 0 Å². The summed E-state index contributed by atoms with van der Waals surface area (Å²) >= 11 is 0. The van der Waals surface area contributed by atoms with Crippen LogP contribution in [0.1, 0.15) is 83.5 Å². The number of methoxy groups -OCH3 is 1. The smallest absolute Gasteiger partial charge is 0.407 e. The lowest BCUT2D eigenvalue weighted by molar-refractivity contribution is -0.138. The molecule has 0 bridgehead atoms. The van der Waals surface area contributed by atoms with E-state index in [1.54, 1.807) is 4.90 Å². The van der Waals surface area contributed by atoms with Crippen molar-refractivity contribution in [1.29, 1.82) is 0 Å². The molecule has 59 heavy (non-hydrogen) atoms. The highest BCUT2D eigenvalue weighted by Crippen LogP contribution is 2.48. The number of imidazole rings is 2. The summed E-state index contributed by atoms with van der Waals surface area (Å²) in [6.45, 7) is 10.6. The molecular weight excluding hydrogens is 751 g/mol. The maximum atomic E-state index is 14.1. The maximum Gasteiger partial charge on any atom is 0.407 e. The second-order valence-corrected chi connectivity index (χ2v) is 17.1. The van der Waals surface area contributed by atoms with Gasteiger partial charge in [0.25, 0.3) is 0 Å². The van der Waals surface area contributed by atoms with Gasteiger partial charge in [-0.2, -0.15) is 0 Å². The molecule has 3 fully saturated rings. The zero-order valence-electron chi connectivity index (χ0n) is 34.8. The third-order valence-electron chi connectivity index (χ3n) is 12.5. The highest BCUT2D eigenvalue weighted by atomic mass is 16.5. The summed E-state index contributed by atoms with van der Waals surface area (Å²) < 4.78 is 4.85. The number of nitrogens with zero attached hydrogens (tertiary/aromatic N) is 5. The number of H-pyrrole nitrogens is 2. The van der Waals surface area contributed by atoms with Gasteiger partial charge in [0, 0.05) is 43.7 Å². The first-order chi connectivity index (χ1) is 28.3. The fraction of sp³-hybridized carbons (Fsp3) is 0.500. The molecular formula is C44H57N9O6. The predicted molar refractivity (Wildman–Crippen MR) is 223 cm³/mol.